The lowest BCUT2D eigenvalue weighted by molar-refractivity contribution is 0.0112. The Morgan fingerprint density at radius 2 is 2.18 bits per heavy atom. The van der Waals surface area contributed by atoms with Gasteiger partial charge in [-0.25, -0.2) is 0 Å². The molecule has 3 unspecified atom stereocenters. The van der Waals surface area contributed by atoms with Crippen LogP contribution >= 0.6 is 0 Å². The Kier molecular flexibility index (Phi) is 3.34. The van der Waals surface area contributed by atoms with Crippen LogP contribution in [0.5, 0.6) is 0 Å². The summed E-state index contributed by atoms with van der Waals surface area (Å²) in [6, 6.07) is 0. The van der Waals surface area contributed by atoms with Crippen molar-refractivity contribution >= 4 is 0 Å². The zero-order valence-electron chi connectivity index (χ0n) is 7.55. The van der Waals surface area contributed by atoms with Crippen molar-refractivity contribution in [2.45, 2.75) is 32.3 Å². The van der Waals surface area contributed by atoms with Crippen LogP contribution < -0.4 is 5.73 Å². The summed E-state index contributed by atoms with van der Waals surface area (Å²) >= 11 is 0. The number of hydrogen-bond acceptors (Lipinski definition) is 2. The molecule has 1 saturated carbocycles. The summed E-state index contributed by atoms with van der Waals surface area (Å²) in [5.74, 6) is 1.43. The summed E-state index contributed by atoms with van der Waals surface area (Å²) in [6.45, 7) is 3.07. The van der Waals surface area contributed by atoms with Crippen LogP contribution in [-0.4, -0.2) is 19.8 Å². The number of methoxy groups -OCH3 is 1. The van der Waals surface area contributed by atoms with Crippen molar-refractivity contribution in [2.24, 2.45) is 17.6 Å². The van der Waals surface area contributed by atoms with E-state index in [4.69, 9.17) is 10.5 Å². The molecule has 3 atom stereocenters. The van der Waals surface area contributed by atoms with Crippen LogP contribution in [0.1, 0.15) is 26.2 Å². The first kappa shape index (κ1) is 9.01. The molecule has 1 fully saturated rings. The van der Waals surface area contributed by atoms with Crippen molar-refractivity contribution in [3.8, 4) is 0 Å². The Morgan fingerprint density at radius 1 is 1.45 bits per heavy atom. The summed E-state index contributed by atoms with van der Waals surface area (Å²) in [5, 5.41) is 0. The van der Waals surface area contributed by atoms with Gasteiger partial charge in [0.25, 0.3) is 0 Å². The maximum absolute atomic E-state index is 5.63. The zero-order valence-corrected chi connectivity index (χ0v) is 7.55. The van der Waals surface area contributed by atoms with E-state index < -0.39 is 0 Å². The van der Waals surface area contributed by atoms with Crippen LogP contribution in [0.15, 0.2) is 0 Å². The van der Waals surface area contributed by atoms with Crippen LogP contribution in [-0.2, 0) is 4.74 Å². The Bertz CT molecular complexity index is 116. The number of rotatable bonds is 2. The highest BCUT2D eigenvalue weighted by atomic mass is 16.5. The molecule has 66 valence electrons. The van der Waals surface area contributed by atoms with Gasteiger partial charge >= 0.3 is 0 Å². The Balaban J connectivity index is 2.41. The maximum Gasteiger partial charge on any atom is 0.0614 e. The van der Waals surface area contributed by atoms with E-state index in [1.807, 2.05) is 0 Å². The second-order valence-electron chi connectivity index (χ2n) is 3.69. The highest BCUT2D eigenvalue weighted by Crippen LogP contribution is 2.29. The minimum Gasteiger partial charge on any atom is -0.381 e. The van der Waals surface area contributed by atoms with Crippen LogP contribution in [0.25, 0.3) is 0 Å². The van der Waals surface area contributed by atoms with Gasteiger partial charge in [-0.05, 0) is 31.2 Å². The van der Waals surface area contributed by atoms with E-state index in [2.05, 4.69) is 6.92 Å². The predicted molar refractivity (Wildman–Crippen MR) is 46.4 cm³/mol. The molecule has 2 heteroatoms. The fraction of sp³-hybridized carbons (Fsp3) is 1.00. The van der Waals surface area contributed by atoms with Gasteiger partial charge in [-0.1, -0.05) is 13.3 Å². The van der Waals surface area contributed by atoms with Crippen LogP contribution in [0, 0.1) is 11.8 Å². The molecule has 0 radical (unpaired) electrons. The van der Waals surface area contributed by atoms with E-state index in [0.717, 1.165) is 12.5 Å². The van der Waals surface area contributed by atoms with E-state index in [-0.39, 0.29) is 0 Å². The first-order valence-electron chi connectivity index (χ1n) is 4.50. The van der Waals surface area contributed by atoms with Crippen LogP contribution in [0.3, 0.4) is 0 Å². The van der Waals surface area contributed by atoms with E-state index in [9.17, 15) is 0 Å². The average molecular weight is 157 g/mol. The van der Waals surface area contributed by atoms with Crippen LogP contribution in [0.4, 0.5) is 0 Å². The number of nitrogens with two attached hydrogens (primary N) is 1. The normalized spacial score (nSPS) is 39.0. The van der Waals surface area contributed by atoms with Crippen molar-refractivity contribution in [2.75, 3.05) is 13.7 Å². The molecule has 0 heterocycles. The molecule has 0 spiro atoms. The molecule has 0 aromatic carbocycles. The Hall–Kier alpha value is -0.0800. The third-order valence-electron chi connectivity index (χ3n) is 2.80. The van der Waals surface area contributed by atoms with Crippen molar-refractivity contribution in [1.29, 1.82) is 0 Å². The Labute approximate surface area is 69.1 Å². The molecule has 0 amide bonds. The van der Waals surface area contributed by atoms with Crippen molar-refractivity contribution in [3.05, 3.63) is 0 Å². The van der Waals surface area contributed by atoms with Gasteiger partial charge in [0.05, 0.1) is 6.10 Å². The minimum absolute atomic E-state index is 0.420. The molecule has 1 aliphatic rings. The lowest BCUT2D eigenvalue weighted by Gasteiger charge is -2.32. The zero-order chi connectivity index (χ0) is 8.27. The summed E-state index contributed by atoms with van der Waals surface area (Å²) in [5.41, 5.74) is 5.63. The molecule has 0 aromatic heterocycles. The lowest BCUT2D eigenvalue weighted by atomic mass is 9.81. The Morgan fingerprint density at radius 3 is 2.73 bits per heavy atom. The molecule has 2 nitrogen and oxygen atoms in total. The molecule has 11 heavy (non-hydrogen) atoms. The predicted octanol–water partition coefficient (Wildman–Crippen LogP) is 1.40. The molecule has 1 rings (SSSR count). The quantitative estimate of drug-likeness (QED) is 0.657. The van der Waals surface area contributed by atoms with Crippen LogP contribution in [0.2, 0.25) is 0 Å². The summed E-state index contributed by atoms with van der Waals surface area (Å²) in [4.78, 5) is 0. The molecule has 2 N–H and O–H groups in total. The fourth-order valence-corrected chi connectivity index (χ4v) is 1.95. The molecule has 1 aliphatic carbocycles. The smallest absolute Gasteiger partial charge is 0.0614 e. The van der Waals surface area contributed by atoms with E-state index >= 15 is 0 Å². The number of hydrogen-bond donors (Lipinski definition) is 1. The maximum atomic E-state index is 5.63. The largest absolute Gasteiger partial charge is 0.381 e. The summed E-state index contributed by atoms with van der Waals surface area (Å²) < 4.78 is 5.39. The summed E-state index contributed by atoms with van der Waals surface area (Å²) in [6.07, 6.45) is 4.18. The van der Waals surface area contributed by atoms with E-state index in [1.54, 1.807) is 7.11 Å². The van der Waals surface area contributed by atoms with Gasteiger partial charge in [0, 0.05) is 7.11 Å². The minimum atomic E-state index is 0.420. The third kappa shape index (κ3) is 2.17. The topological polar surface area (TPSA) is 35.2 Å². The highest BCUT2D eigenvalue weighted by molar-refractivity contribution is 4.79. The molecule has 0 bridgehead atoms. The first-order chi connectivity index (χ1) is 5.27. The second-order valence-corrected chi connectivity index (χ2v) is 3.69. The SMILES string of the molecule is COC1CC(C)CCC1CN. The third-order valence-corrected chi connectivity index (χ3v) is 2.80. The molecule has 0 saturated heterocycles. The molecule has 0 aromatic rings. The first-order valence-corrected chi connectivity index (χ1v) is 4.50. The average Bonchev–Trinajstić information content (AvgIpc) is 2.04. The van der Waals surface area contributed by atoms with E-state index in [0.29, 0.717) is 12.0 Å². The van der Waals surface area contributed by atoms with Gasteiger partial charge in [-0.2, -0.15) is 0 Å². The fourth-order valence-electron chi connectivity index (χ4n) is 1.95. The molecular weight excluding hydrogens is 138 g/mol. The van der Waals surface area contributed by atoms with Crippen molar-refractivity contribution < 1.29 is 4.74 Å². The molecular formula is C9H19NO. The lowest BCUT2D eigenvalue weighted by Crippen LogP contribution is -2.34. The monoisotopic (exact) mass is 157 g/mol. The van der Waals surface area contributed by atoms with Crippen molar-refractivity contribution in [1.82, 2.24) is 0 Å². The van der Waals surface area contributed by atoms with Gasteiger partial charge in [0.2, 0.25) is 0 Å². The number of ether oxygens (including phenoxy) is 1. The summed E-state index contributed by atoms with van der Waals surface area (Å²) in [7, 11) is 1.80. The molecule has 0 aliphatic heterocycles. The van der Waals surface area contributed by atoms with Gasteiger partial charge < -0.3 is 10.5 Å². The van der Waals surface area contributed by atoms with E-state index in [1.165, 1.54) is 19.3 Å². The highest BCUT2D eigenvalue weighted by Gasteiger charge is 2.27. The standard InChI is InChI=1S/C9H19NO/c1-7-3-4-8(6-10)9(5-7)11-2/h7-9H,3-6,10H2,1-2H3. The van der Waals surface area contributed by atoms with Gasteiger partial charge in [0.15, 0.2) is 0 Å². The second kappa shape index (κ2) is 4.07. The van der Waals surface area contributed by atoms with Crippen molar-refractivity contribution in [3.63, 3.8) is 0 Å². The van der Waals surface area contributed by atoms with Gasteiger partial charge in [-0.15, -0.1) is 0 Å². The van der Waals surface area contributed by atoms with Gasteiger partial charge in [0.1, 0.15) is 0 Å². The van der Waals surface area contributed by atoms with Gasteiger partial charge in [-0.3, -0.25) is 0 Å².